The van der Waals surface area contributed by atoms with E-state index in [1.807, 2.05) is 78.9 Å². The highest BCUT2D eigenvalue weighted by Gasteiger charge is 2.18. The van der Waals surface area contributed by atoms with Gasteiger partial charge in [0.15, 0.2) is 5.82 Å². The van der Waals surface area contributed by atoms with Crippen LogP contribution in [-0.2, 0) is 6.61 Å². The first-order chi connectivity index (χ1) is 18.6. The Labute approximate surface area is 223 Å². The van der Waals surface area contributed by atoms with Crippen LogP contribution in [0.15, 0.2) is 95.8 Å². The summed E-state index contributed by atoms with van der Waals surface area (Å²) in [6.45, 7) is 2.54. The van der Waals surface area contributed by atoms with Crippen molar-refractivity contribution in [3.63, 3.8) is 0 Å². The van der Waals surface area contributed by atoms with Crippen LogP contribution in [-0.4, -0.2) is 21.7 Å². The van der Waals surface area contributed by atoms with E-state index in [-0.39, 0.29) is 11.5 Å². The summed E-state index contributed by atoms with van der Waals surface area (Å²) in [5.74, 6) is 2.15. The standard InChI is InChI=1S/C31H25N3O3S/c1-20(23-11-12-25-18-26(36-2)14-13-24(25)17-23)29-32-31-34(33-29)30(35)28(38-31)16-22-9-6-10-27(15-22)37-19-21-7-4-3-5-8-21/h3-18,20H,19H2,1-2H3/b28-16-. The molecule has 0 aliphatic heterocycles. The lowest BCUT2D eigenvalue weighted by Crippen LogP contribution is -2.24. The number of hydrogen-bond donors (Lipinski definition) is 0. The molecule has 0 saturated heterocycles. The maximum atomic E-state index is 13.1. The summed E-state index contributed by atoms with van der Waals surface area (Å²) in [5, 5.41) is 6.80. The van der Waals surface area contributed by atoms with Crippen molar-refractivity contribution in [2.24, 2.45) is 0 Å². The lowest BCUT2D eigenvalue weighted by atomic mass is 9.97. The Hall–Kier alpha value is -4.49. The molecule has 4 aromatic carbocycles. The molecule has 0 saturated carbocycles. The number of thiazole rings is 1. The second-order valence-corrected chi connectivity index (χ2v) is 10.1. The normalized spacial score (nSPS) is 12.7. The van der Waals surface area contributed by atoms with Crippen LogP contribution in [0.4, 0.5) is 0 Å². The highest BCUT2D eigenvalue weighted by atomic mass is 32.1. The van der Waals surface area contributed by atoms with E-state index in [0.29, 0.717) is 21.9 Å². The Kier molecular flexibility index (Phi) is 6.35. The fourth-order valence-corrected chi connectivity index (χ4v) is 5.32. The van der Waals surface area contributed by atoms with Crippen molar-refractivity contribution in [1.29, 1.82) is 0 Å². The highest BCUT2D eigenvalue weighted by Crippen LogP contribution is 2.28. The zero-order valence-corrected chi connectivity index (χ0v) is 21.8. The van der Waals surface area contributed by atoms with E-state index in [4.69, 9.17) is 14.5 Å². The van der Waals surface area contributed by atoms with Crippen LogP contribution < -0.4 is 19.6 Å². The Morgan fingerprint density at radius 1 is 0.921 bits per heavy atom. The smallest absolute Gasteiger partial charge is 0.291 e. The lowest BCUT2D eigenvalue weighted by molar-refractivity contribution is 0.306. The average Bonchev–Trinajstić information content (AvgIpc) is 3.50. The van der Waals surface area contributed by atoms with Crippen LogP contribution in [0, 0.1) is 0 Å². The topological polar surface area (TPSA) is 65.7 Å². The predicted octanol–water partition coefficient (Wildman–Crippen LogP) is 5.59. The molecule has 1 unspecified atom stereocenters. The second-order valence-electron chi connectivity index (χ2n) is 9.12. The molecule has 0 radical (unpaired) electrons. The van der Waals surface area contributed by atoms with Crippen molar-refractivity contribution in [3.8, 4) is 11.5 Å². The molecule has 6 rings (SSSR count). The zero-order chi connectivity index (χ0) is 26.1. The molecular weight excluding hydrogens is 494 g/mol. The Morgan fingerprint density at radius 2 is 1.74 bits per heavy atom. The molecular formula is C31H25N3O3S. The number of hydrogen-bond acceptors (Lipinski definition) is 6. The summed E-state index contributed by atoms with van der Waals surface area (Å²) >= 11 is 1.34. The molecule has 6 aromatic rings. The molecule has 2 heterocycles. The minimum atomic E-state index is -0.169. The van der Waals surface area contributed by atoms with Crippen molar-refractivity contribution in [3.05, 3.63) is 128 Å². The van der Waals surface area contributed by atoms with Crippen molar-refractivity contribution in [2.45, 2.75) is 19.4 Å². The summed E-state index contributed by atoms with van der Waals surface area (Å²) in [5.41, 5.74) is 2.91. The molecule has 188 valence electrons. The van der Waals surface area contributed by atoms with E-state index in [0.717, 1.165) is 39.0 Å². The van der Waals surface area contributed by atoms with E-state index in [1.165, 1.54) is 15.9 Å². The van der Waals surface area contributed by atoms with Gasteiger partial charge in [0.25, 0.3) is 5.56 Å². The maximum Gasteiger partial charge on any atom is 0.291 e. The van der Waals surface area contributed by atoms with E-state index in [9.17, 15) is 4.79 Å². The molecule has 38 heavy (non-hydrogen) atoms. The number of nitrogens with zero attached hydrogens (tertiary/aromatic N) is 3. The van der Waals surface area contributed by atoms with Gasteiger partial charge in [-0.1, -0.05) is 85.0 Å². The van der Waals surface area contributed by atoms with E-state index >= 15 is 0 Å². The predicted molar refractivity (Wildman–Crippen MR) is 151 cm³/mol. The van der Waals surface area contributed by atoms with Gasteiger partial charge in [-0.3, -0.25) is 4.79 Å². The van der Waals surface area contributed by atoms with E-state index < -0.39 is 0 Å². The SMILES string of the molecule is COc1ccc2cc(C(C)c3nc4s/c(=C\c5cccc(OCc6ccccc6)c5)c(=O)n4n3)ccc2c1. The Balaban J connectivity index is 1.25. The number of aromatic nitrogens is 3. The molecule has 0 aliphatic rings. The largest absolute Gasteiger partial charge is 0.497 e. The minimum absolute atomic E-state index is 0.0566. The molecule has 0 N–H and O–H groups in total. The summed E-state index contributed by atoms with van der Waals surface area (Å²) < 4.78 is 13.3. The zero-order valence-electron chi connectivity index (χ0n) is 21.0. The van der Waals surface area contributed by atoms with Gasteiger partial charge in [-0.2, -0.15) is 4.52 Å². The number of methoxy groups -OCH3 is 1. The van der Waals surface area contributed by atoms with Gasteiger partial charge in [0, 0.05) is 5.92 Å². The molecule has 6 nitrogen and oxygen atoms in total. The number of rotatable bonds is 7. The van der Waals surface area contributed by atoms with Crippen molar-refractivity contribution in [2.75, 3.05) is 7.11 Å². The monoisotopic (exact) mass is 519 g/mol. The van der Waals surface area contributed by atoms with Crippen molar-refractivity contribution in [1.82, 2.24) is 14.6 Å². The fourth-order valence-electron chi connectivity index (χ4n) is 4.41. The van der Waals surface area contributed by atoms with Crippen LogP contribution in [0.5, 0.6) is 11.5 Å². The van der Waals surface area contributed by atoms with Gasteiger partial charge in [0.1, 0.15) is 18.1 Å². The van der Waals surface area contributed by atoms with Gasteiger partial charge in [-0.15, -0.1) is 5.10 Å². The van der Waals surface area contributed by atoms with Crippen LogP contribution in [0.1, 0.15) is 35.4 Å². The van der Waals surface area contributed by atoms with Gasteiger partial charge in [0.2, 0.25) is 4.96 Å². The third-order valence-corrected chi connectivity index (χ3v) is 7.52. The van der Waals surface area contributed by atoms with Gasteiger partial charge >= 0.3 is 0 Å². The van der Waals surface area contributed by atoms with Crippen molar-refractivity contribution >= 4 is 33.1 Å². The Morgan fingerprint density at radius 3 is 2.55 bits per heavy atom. The van der Waals surface area contributed by atoms with Crippen LogP contribution in [0.2, 0.25) is 0 Å². The maximum absolute atomic E-state index is 13.1. The second kappa shape index (κ2) is 10.1. The number of ether oxygens (including phenoxy) is 2. The van der Waals surface area contributed by atoms with Crippen LogP contribution >= 0.6 is 11.3 Å². The highest BCUT2D eigenvalue weighted by molar-refractivity contribution is 7.15. The number of fused-ring (bicyclic) bond motifs is 2. The fraction of sp³-hybridized carbons (Fsp3) is 0.129. The quantitative estimate of drug-likeness (QED) is 0.275. The first-order valence-corrected chi connectivity index (χ1v) is 13.1. The number of benzene rings is 4. The first kappa shape index (κ1) is 23.9. The van der Waals surface area contributed by atoms with E-state index in [1.54, 1.807) is 7.11 Å². The average molecular weight is 520 g/mol. The summed E-state index contributed by atoms with van der Waals surface area (Å²) in [4.78, 5) is 18.4. The molecule has 0 spiro atoms. The molecule has 0 bridgehead atoms. The van der Waals surface area contributed by atoms with Gasteiger partial charge in [-0.25, -0.2) is 4.98 Å². The van der Waals surface area contributed by atoms with Crippen LogP contribution in [0.25, 0.3) is 21.8 Å². The third kappa shape index (κ3) is 4.76. The third-order valence-electron chi connectivity index (χ3n) is 6.56. The molecule has 7 heteroatoms. The molecule has 1 atom stereocenters. The van der Waals surface area contributed by atoms with Crippen LogP contribution in [0.3, 0.4) is 0 Å². The summed E-state index contributed by atoms with van der Waals surface area (Å²) in [6, 6.07) is 30.0. The molecule has 0 aliphatic carbocycles. The van der Waals surface area contributed by atoms with Gasteiger partial charge in [0.05, 0.1) is 11.6 Å². The summed E-state index contributed by atoms with van der Waals surface area (Å²) in [7, 11) is 1.67. The Bertz CT molecular complexity index is 1860. The van der Waals surface area contributed by atoms with Gasteiger partial charge in [-0.05, 0) is 57.8 Å². The van der Waals surface area contributed by atoms with Crippen molar-refractivity contribution < 1.29 is 9.47 Å². The lowest BCUT2D eigenvalue weighted by Gasteiger charge is -2.10. The van der Waals surface area contributed by atoms with E-state index in [2.05, 4.69) is 30.2 Å². The minimum Gasteiger partial charge on any atom is -0.497 e. The molecule has 2 aromatic heterocycles. The molecule has 0 fully saturated rings. The van der Waals surface area contributed by atoms with Gasteiger partial charge < -0.3 is 9.47 Å². The first-order valence-electron chi connectivity index (χ1n) is 12.3. The molecule has 0 amide bonds. The summed E-state index contributed by atoms with van der Waals surface area (Å²) in [6.07, 6.45) is 1.86.